The molecule has 0 bridgehead atoms. The summed E-state index contributed by atoms with van der Waals surface area (Å²) >= 11 is 1.64. The van der Waals surface area contributed by atoms with Crippen LogP contribution in [0.15, 0.2) is 10.9 Å². The molecule has 1 fully saturated rings. The Morgan fingerprint density at radius 1 is 1.71 bits per heavy atom. The van der Waals surface area contributed by atoms with Crippen molar-refractivity contribution in [3.63, 3.8) is 0 Å². The molecule has 0 radical (unpaired) electrons. The van der Waals surface area contributed by atoms with Gasteiger partial charge in [0.15, 0.2) is 0 Å². The largest absolute Gasteiger partial charge is 0.377 e. The van der Waals surface area contributed by atoms with E-state index in [1.165, 1.54) is 0 Å². The second kappa shape index (κ2) is 4.38. The fourth-order valence-electron chi connectivity index (χ4n) is 1.79. The minimum atomic E-state index is 0.329. The number of rotatable bonds is 3. The zero-order chi connectivity index (χ0) is 9.97. The van der Waals surface area contributed by atoms with Crippen molar-refractivity contribution in [1.82, 2.24) is 10.3 Å². The van der Waals surface area contributed by atoms with Crippen molar-refractivity contribution < 1.29 is 4.74 Å². The minimum absolute atomic E-state index is 0.329. The number of thiazole rings is 1. The second-order valence-corrected chi connectivity index (χ2v) is 4.49. The summed E-state index contributed by atoms with van der Waals surface area (Å²) in [7, 11) is 0. The van der Waals surface area contributed by atoms with E-state index in [4.69, 9.17) is 4.74 Å². The Bertz CT molecular complexity index is 276. The quantitative estimate of drug-likeness (QED) is 0.831. The monoisotopic (exact) mass is 212 g/mol. The fourth-order valence-corrected chi connectivity index (χ4v) is 2.44. The van der Waals surface area contributed by atoms with Crippen LogP contribution in [-0.2, 0) is 4.74 Å². The first kappa shape index (κ1) is 10.1. The van der Waals surface area contributed by atoms with Crippen LogP contribution < -0.4 is 5.32 Å². The van der Waals surface area contributed by atoms with Crippen LogP contribution in [0.1, 0.15) is 32.0 Å². The van der Waals surface area contributed by atoms with Crippen molar-refractivity contribution in [2.45, 2.75) is 38.5 Å². The van der Waals surface area contributed by atoms with Gasteiger partial charge in [0, 0.05) is 24.1 Å². The summed E-state index contributed by atoms with van der Waals surface area (Å²) in [6.45, 7) is 5.15. The van der Waals surface area contributed by atoms with Gasteiger partial charge in [-0.25, -0.2) is 4.98 Å². The van der Waals surface area contributed by atoms with E-state index in [0.29, 0.717) is 18.2 Å². The molecule has 1 saturated heterocycles. The van der Waals surface area contributed by atoms with E-state index in [1.54, 1.807) is 11.3 Å². The molecule has 0 saturated carbocycles. The van der Waals surface area contributed by atoms with E-state index in [9.17, 15) is 0 Å². The highest BCUT2D eigenvalue weighted by Crippen LogP contribution is 2.18. The first-order valence-electron chi connectivity index (χ1n) is 5.03. The Morgan fingerprint density at radius 3 is 3.14 bits per heavy atom. The molecule has 1 aliphatic rings. The number of nitrogens with zero attached hydrogens (tertiary/aromatic N) is 1. The van der Waals surface area contributed by atoms with Crippen LogP contribution in [0.25, 0.3) is 0 Å². The normalized spacial score (nSPS) is 29.3. The third-order valence-electron chi connectivity index (χ3n) is 2.74. The summed E-state index contributed by atoms with van der Waals surface area (Å²) < 4.78 is 5.50. The highest BCUT2D eigenvalue weighted by Gasteiger charge is 2.25. The number of hydrogen-bond acceptors (Lipinski definition) is 4. The van der Waals surface area contributed by atoms with E-state index in [2.05, 4.69) is 29.5 Å². The Hall–Kier alpha value is -0.450. The Kier molecular flexibility index (Phi) is 3.15. The van der Waals surface area contributed by atoms with E-state index >= 15 is 0 Å². The van der Waals surface area contributed by atoms with Gasteiger partial charge >= 0.3 is 0 Å². The molecule has 1 aromatic heterocycles. The van der Waals surface area contributed by atoms with Crippen molar-refractivity contribution in [3.05, 3.63) is 16.6 Å². The summed E-state index contributed by atoms with van der Waals surface area (Å²) in [6.07, 6.45) is 1.44. The van der Waals surface area contributed by atoms with Gasteiger partial charge in [-0.15, -0.1) is 11.3 Å². The molecule has 1 aliphatic heterocycles. The standard InChI is InChI=1S/C10H16N2OS/c1-7(10-5-14-6-11-10)12-9-3-4-13-8(9)2/h5-9,12H,3-4H2,1-2H3. The lowest BCUT2D eigenvalue weighted by Gasteiger charge is -2.20. The fraction of sp³-hybridized carbons (Fsp3) is 0.700. The summed E-state index contributed by atoms with van der Waals surface area (Å²) in [5.41, 5.74) is 3.01. The number of aromatic nitrogens is 1. The van der Waals surface area contributed by atoms with Gasteiger partial charge in [0.25, 0.3) is 0 Å². The Labute approximate surface area is 88.5 Å². The van der Waals surface area contributed by atoms with E-state index in [0.717, 1.165) is 18.7 Å². The first-order valence-corrected chi connectivity index (χ1v) is 5.97. The smallest absolute Gasteiger partial charge is 0.0795 e. The summed E-state index contributed by atoms with van der Waals surface area (Å²) in [5, 5.41) is 5.65. The maximum atomic E-state index is 5.50. The zero-order valence-corrected chi connectivity index (χ0v) is 9.38. The molecule has 3 unspecified atom stereocenters. The van der Waals surface area contributed by atoms with Gasteiger partial charge in [0.05, 0.1) is 17.3 Å². The highest BCUT2D eigenvalue weighted by atomic mass is 32.1. The molecular weight excluding hydrogens is 196 g/mol. The summed E-state index contributed by atoms with van der Waals surface area (Å²) in [4.78, 5) is 4.30. The van der Waals surface area contributed by atoms with Crippen molar-refractivity contribution in [2.24, 2.45) is 0 Å². The molecule has 4 heteroatoms. The molecule has 1 N–H and O–H groups in total. The maximum Gasteiger partial charge on any atom is 0.0795 e. The average molecular weight is 212 g/mol. The van der Waals surface area contributed by atoms with Crippen molar-refractivity contribution in [2.75, 3.05) is 6.61 Å². The molecule has 3 atom stereocenters. The molecular formula is C10H16N2OS. The highest BCUT2D eigenvalue weighted by molar-refractivity contribution is 7.07. The molecule has 0 aromatic carbocycles. The average Bonchev–Trinajstić information content (AvgIpc) is 2.77. The van der Waals surface area contributed by atoms with Crippen molar-refractivity contribution in [3.8, 4) is 0 Å². The van der Waals surface area contributed by atoms with Crippen LogP contribution in [0.4, 0.5) is 0 Å². The van der Waals surface area contributed by atoms with Crippen molar-refractivity contribution in [1.29, 1.82) is 0 Å². The van der Waals surface area contributed by atoms with Crippen LogP contribution in [0.3, 0.4) is 0 Å². The van der Waals surface area contributed by atoms with Gasteiger partial charge in [-0.05, 0) is 20.3 Å². The van der Waals surface area contributed by atoms with E-state index in [1.807, 2.05) is 5.51 Å². The van der Waals surface area contributed by atoms with Crippen LogP contribution in [0.5, 0.6) is 0 Å². The van der Waals surface area contributed by atoms with Crippen LogP contribution in [-0.4, -0.2) is 23.7 Å². The number of ether oxygens (including phenoxy) is 1. The first-order chi connectivity index (χ1) is 6.77. The lowest BCUT2D eigenvalue weighted by molar-refractivity contribution is 0.111. The minimum Gasteiger partial charge on any atom is -0.377 e. The topological polar surface area (TPSA) is 34.1 Å². The Balaban J connectivity index is 1.91. The second-order valence-electron chi connectivity index (χ2n) is 3.77. The molecule has 0 aliphatic carbocycles. The summed E-state index contributed by atoms with van der Waals surface area (Å²) in [5.74, 6) is 0. The SMILES string of the molecule is CC(NC1CCOC1C)c1cscn1. The number of hydrogen-bond donors (Lipinski definition) is 1. The molecule has 14 heavy (non-hydrogen) atoms. The van der Waals surface area contributed by atoms with Crippen LogP contribution in [0, 0.1) is 0 Å². The molecule has 2 heterocycles. The molecule has 1 aromatic rings. The lowest BCUT2D eigenvalue weighted by Crippen LogP contribution is -2.36. The van der Waals surface area contributed by atoms with Crippen LogP contribution in [0.2, 0.25) is 0 Å². The molecule has 3 nitrogen and oxygen atoms in total. The predicted octanol–water partition coefficient (Wildman–Crippen LogP) is 1.97. The lowest BCUT2D eigenvalue weighted by atomic mass is 10.1. The zero-order valence-electron chi connectivity index (χ0n) is 8.56. The molecule has 0 amide bonds. The number of nitrogens with one attached hydrogen (secondary N) is 1. The molecule has 78 valence electrons. The van der Waals surface area contributed by atoms with Gasteiger partial charge < -0.3 is 10.1 Å². The van der Waals surface area contributed by atoms with E-state index in [-0.39, 0.29) is 0 Å². The third kappa shape index (κ3) is 2.13. The van der Waals surface area contributed by atoms with Gasteiger partial charge in [0.1, 0.15) is 0 Å². The van der Waals surface area contributed by atoms with Gasteiger partial charge in [-0.3, -0.25) is 0 Å². The molecule has 0 spiro atoms. The summed E-state index contributed by atoms with van der Waals surface area (Å²) in [6, 6.07) is 0.807. The van der Waals surface area contributed by atoms with Crippen molar-refractivity contribution >= 4 is 11.3 Å². The van der Waals surface area contributed by atoms with Crippen LogP contribution >= 0.6 is 11.3 Å². The maximum absolute atomic E-state index is 5.50. The van der Waals surface area contributed by atoms with E-state index < -0.39 is 0 Å². The van der Waals surface area contributed by atoms with Gasteiger partial charge in [-0.1, -0.05) is 0 Å². The Morgan fingerprint density at radius 2 is 2.57 bits per heavy atom. The molecule has 2 rings (SSSR count). The van der Waals surface area contributed by atoms with Gasteiger partial charge in [-0.2, -0.15) is 0 Å². The third-order valence-corrected chi connectivity index (χ3v) is 3.34. The van der Waals surface area contributed by atoms with Gasteiger partial charge in [0.2, 0.25) is 0 Å². The predicted molar refractivity (Wildman–Crippen MR) is 57.5 cm³/mol.